The minimum atomic E-state index is -0.291. The van der Waals surface area contributed by atoms with E-state index in [2.05, 4.69) is 5.32 Å². The first kappa shape index (κ1) is 12.6. The largest absolute Gasteiger partial charge is 0.366 e. The van der Waals surface area contributed by atoms with Crippen molar-refractivity contribution in [2.45, 2.75) is 12.5 Å². The van der Waals surface area contributed by atoms with Crippen LogP contribution in [-0.2, 0) is 9.53 Å². The van der Waals surface area contributed by atoms with E-state index >= 15 is 0 Å². The highest BCUT2D eigenvalue weighted by molar-refractivity contribution is 5.94. The Labute approximate surface area is 111 Å². The van der Waals surface area contributed by atoms with E-state index in [0.717, 1.165) is 25.2 Å². The van der Waals surface area contributed by atoms with Gasteiger partial charge in [0.2, 0.25) is 0 Å². The molecule has 102 valence electrons. The van der Waals surface area contributed by atoms with Crippen LogP contribution in [0.1, 0.15) is 6.42 Å². The first-order valence-electron chi connectivity index (χ1n) is 6.62. The number of anilines is 1. The molecule has 2 atom stereocenters. The van der Waals surface area contributed by atoms with Gasteiger partial charge < -0.3 is 15.0 Å². The van der Waals surface area contributed by atoms with E-state index in [4.69, 9.17) is 4.74 Å². The molecule has 0 aromatic heterocycles. The number of amides is 1. The van der Waals surface area contributed by atoms with E-state index in [0.29, 0.717) is 12.5 Å². The van der Waals surface area contributed by atoms with Crippen LogP contribution in [0.4, 0.5) is 10.1 Å². The van der Waals surface area contributed by atoms with Gasteiger partial charge in [-0.2, -0.15) is 0 Å². The van der Waals surface area contributed by atoms with Gasteiger partial charge in [-0.05, 0) is 37.2 Å². The second-order valence-corrected chi connectivity index (χ2v) is 5.08. The molecule has 0 spiro atoms. The van der Waals surface area contributed by atoms with Crippen molar-refractivity contribution in [3.8, 4) is 0 Å². The smallest absolute Gasteiger partial charge is 0.253 e. The zero-order chi connectivity index (χ0) is 13.2. The molecule has 0 aliphatic carbocycles. The van der Waals surface area contributed by atoms with Crippen molar-refractivity contribution in [1.82, 2.24) is 5.32 Å². The molecule has 1 N–H and O–H groups in total. The van der Waals surface area contributed by atoms with Crippen molar-refractivity contribution >= 4 is 11.6 Å². The summed E-state index contributed by atoms with van der Waals surface area (Å²) in [6, 6.07) is 6.04. The van der Waals surface area contributed by atoms with Crippen LogP contribution < -0.4 is 10.2 Å². The number of hydrogen-bond donors (Lipinski definition) is 1. The second kappa shape index (κ2) is 5.27. The molecule has 2 aliphatic heterocycles. The third-order valence-electron chi connectivity index (χ3n) is 3.85. The van der Waals surface area contributed by atoms with Crippen LogP contribution in [0.5, 0.6) is 0 Å². The molecule has 2 aliphatic rings. The van der Waals surface area contributed by atoms with Gasteiger partial charge in [-0.3, -0.25) is 4.79 Å². The summed E-state index contributed by atoms with van der Waals surface area (Å²) >= 11 is 0. The van der Waals surface area contributed by atoms with E-state index in [1.54, 1.807) is 17.0 Å². The van der Waals surface area contributed by atoms with Gasteiger partial charge in [-0.15, -0.1) is 0 Å². The van der Waals surface area contributed by atoms with E-state index in [1.807, 2.05) is 0 Å². The fraction of sp³-hybridized carbons (Fsp3) is 0.500. The predicted molar refractivity (Wildman–Crippen MR) is 69.5 cm³/mol. The Hall–Kier alpha value is -1.46. The molecule has 1 amide bonds. The van der Waals surface area contributed by atoms with Gasteiger partial charge in [0.1, 0.15) is 12.4 Å². The molecule has 2 unspecified atom stereocenters. The number of ether oxygens (including phenoxy) is 1. The molecular weight excluding hydrogens is 247 g/mol. The summed E-state index contributed by atoms with van der Waals surface area (Å²) in [7, 11) is 0. The van der Waals surface area contributed by atoms with Gasteiger partial charge in [0.15, 0.2) is 0 Å². The van der Waals surface area contributed by atoms with Gasteiger partial charge >= 0.3 is 0 Å². The van der Waals surface area contributed by atoms with Crippen LogP contribution in [0.2, 0.25) is 0 Å². The van der Waals surface area contributed by atoms with Gasteiger partial charge in [0.25, 0.3) is 5.91 Å². The normalized spacial score (nSPS) is 27.8. The zero-order valence-electron chi connectivity index (χ0n) is 10.6. The quantitative estimate of drug-likeness (QED) is 0.871. The Bertz CT molecular complexity index is 457. The summed E-state index contributed by atoms with van der Waals surface area (Å²) in [5.74, 6) is 0.103. The maximum Gasteiger partial charge on any atom is 0.253 e. The molecular formula is C14H17FN2O2. The Morgan fingerprint density at radius 1 is 1.32 bits per heavy atom. The fourth-order valence-corrected chi connectivity index (χ4v) is 2.74. The van der Waals surface area contributed by atoms with Gasteiger partial charge in [0, 0.05) is 18.2 Å². The molecule has 1 aromatic rings. The zero-order valence-corrected chi connectivity index (χ0v) is 10.6. The number of carbonyl (C=O) groups excluding carboxylic acids is 1. The van der Waals surface area contributed by atoms with Crippen molar-refractivity contribution in [1.29, 1.82) is 0 Å². The molecule has 2 saturated heterocycles. The molecule has 2 fully saturated rings. The van der Waals surface area contributed by atoms with Crippen molar-refractivity contribution in [2.75, 3.05) is 31.1 Å². The number of rotatable bonds is 2. The molecule has 5 heteroatoms. The van der Waals surface area contributed by atoms with Crippen LogP contribution in [0.25, 0.3) is 0 Å². The van der Waals surface area contributed by atoms with E-state index in [9.17, 15) is 9.18 Å². The SMILES string of the molecule is O=C1COC(C2CCNC2)CN1c1ccc(F)cc1. The summed E-state index contributed by atoms with van der Waals surface area (Å²) in [6.45, 7) is 2.61. The molecule has 2 heterocycles. The van der Waals surface area contributed by atoms with Crippen LogP contribution in [0, 0.1) is 11.7 Å². The van der Waals surface area contributed by atoms with Crippen LogP contribution in [0.15, 0.2) is 24.3 Å². The van der Waals surface area contributed by atoms with Crippen LogP contribution in [0.3, 0.4) is 0 Å². The second-order valence-electron chi connectivity index (χ2n) is 5.08. The minimum Gasteiger partial charge on any atom is -0.366 e. The Kier molecular flexibility index (Phi) is 3.48. The van der Waals surface area contributed by atoms with Crippen LogP contribution in [-0.4, -0.2) is 38.3 Å². The standard InChI is InChI=1S/C14H17FN2O2/c15-11-1-3-12(4-2-11)17-8-13(19-9-14(17)18)10-5-6-16-7-10/h1-4,10,13,16H,5-9H2. The lowest BCUT2D eigenvalue weighted by molar-refractivity contribution is -0.131. The summed E-state index contributed by atoms with van der Waals surface area (Å²) in [5.41, 5.74) is 0.741. The van der Waals surface area contributed by atoms with Crippen molar-refractivity contribution in [3.63, 3.8) is 0 Å². The number of carbonyl (C=O) groups is 1. The molecule has 0 saturated carbocycles. The third-order valence-corrected chi connectivity index (χ3v) is 3.85. The lowest BCUT2D eigenvalue weighted by Gasteiger charge is -2.35. The highest BCUT2D eigenvalue weighted by atomic mass is 19.1. The average molecular weight is 264 g/mol. The number of nitrogens with zero attached hydrogens (tertiary/aromatic N) is 1. The lowest BCUT2D eigenvalue weighted by Crippen LogP contribution is -2.49. The van der Waals surface area contributed by atoms with E-state index in [1.165, 1.54) is 12.1 Å². The minimum absolute atomic E-state index is 0.0613. The highest BCUT2D eigenvalue weighted by Crippen LogP contribution is 2.24. The highest BCUT2D eigenvalue weighted by Gasteiger charge is 2.33. The molecule has 19 heavy (non-hydrogen) atoms. The van der Waals surface area contributed by atoms with Gasteiger partial charge in [0.05, 0.1) is 12.6 Å². The lowest BCUT2D eigenvalue weighted by atomic mass is 9.99. The summed E-state index contributed by atoms with van der Waals surface area (Å²) in [5, 5.41) is 3.31. The van der Waals surface area contributed by atoms with E-state index < -0.39 is 0 Å². The molecule has 1 aromatic carbocycles. The topological polar surface area (TPSA) is 41.6 Å². The Morgan fingerprint density at radius 3 is 2.79 bits per heavy atom. The van der Waals surface area contributed by atoms with Crippen molar-refractivity contribution in [2.24, 2.45) is 5.92 Å². The summed E-state index contributed by atoms with van der Waals surface area (Å²) in [4.78, 5) is 13.6. The molecule has 4 nitrogen and oxygen atoms in total. The van der Waals surface area contributed by atoms with Gasteiger partial charge in [-0.25, -0.2) is 4.39 Å². The predicted octanol–water partition coefficient (Wildman–Crippen LogP) is 1.17. The van der Waals surface area contributed by atoms with Gasteiger partial charge in [-0.1, -0.05) is 0 Å². The van der Waals surface area contributed by atoms with Crippen molar-refractivity contribution < 1.29 is 13.9 Å². The average Bonchev–Trinajstić information content (AvgIpc) is 2.94. The summed E-state index contributed by atoms with van der Waals surface area (Å²) < 4.78 is 18.6. The molecule has 0 bridgehead atoms. The summed E-state index contributed by atoms with van der Waals surface area (Å²) in [6.07, 6.45) is 1.15. The number of nitrogens with one attached hydrogen (secondary N) is 1. The third kappa shape index (κ3) is 2.62. The Balaban J connectivity index is 1.75. The number of hydrogen-bond acceptors (Lipinski definition) is 3. The maximum absolute atomic E-state index is 12.9. The Morgan fingerprint density at radius 2 is 2.11 bits per heavy atom. The first-order valence-corrected chi connectivity index (χ1v) is 6.62. The molecule has 0 radical (unpaired) electrons. The number of halogens is 1. The maximum atomic E-state index is 12.9. The number of morpholine rings is 1. The fourth-order valence-electron chi connectivity index (χ4n) is 2.74. The van der Waals surface area contributed by atoms with Crippen molar-refractivity contribution in [3.05, 3.63) is 30.1 Å². The monoisotopic (exact) mass is 264 g/mol. The van der Waals surface area contributed by atoms with E-state index in [-0.39, 0.29) is 24.4 Å². The first-order chi connectivity index (χ1) is 9.24. The number of benzene rings is 1. The van der Waals surface area contributed by atoms with Crippen LogP contribution >= 0.6 is 0 Å². The molecule has 3 rings (SSSR count).